The van der Waals surface area contributed by atoms with Crippen LogP contribution in [0, 0.1) is 15.9 Å². The summed E-state index contributed by atoms with van der Waals surface area (Å²) in [5.74, 6) is -4.77. The SMILES string of the molecule is CCC(F)(F)[C@](N)(O)c1ccc(F)cc1[N+](=O)[O-]. The molecule has 5 nitrogen and oxygen atoms in total. The number of nitrogens with two attached hydrogens (primary N) is 1. The highest BCUT2D eigenvalue weighted by Gasteiger charge is 2.52. The van der Waals surface area contributed by atoms with Crippen molar-refractivity contribution in [1.82, 2.24) is 0 Å². The van der Waals surface area contributed by atoms with Gasteiger partial charge in [-0.05, 0) is 12.1 Å². The molecule has 0 heterocycles. The minimum Gasteiger partial charge on any atom is -0.366 e. The Hall–Kier alpha value is -1.67. The van der Waals surface area contributed by atoms with Gasteiger partial charge in [-0.25, -0.2) is 13.2 Å². The van der Waals surface area contributed by atoms with E-state index in [-0.39, 0.29) is 0 Å². The van der Waals surface area contributed by atoms with Gasteiger partial charge in [0, 0.05) is 6.42 Å². The maximum Gasteiger partial charge on any atom is 0.293 e. The van der Waals surface area contributed by atoms with Crippen molar-refractivity contribution in [3.63, 3.8) is 0 Å². The number of benzene rings is 1. The second kappa shape index (κ2) is 4.54. The molecule has 100 valence electrons. The van der Waals surface area contributed by atoms with Crippen LogP contribution in [0.15, 0.2) is 18.2 Å². The van der Waals surface area contributed by atoms with Gasteiger partial charge in [0.1, 0.15) is 5.82 Å². The number of nitro benzene ring substituents is 1. The van der Waals surface area contributed by atoms with E-state index in [0.717, 1.165) is 6.92 Å². The van der Waals surface area contributed by atoms with E-state index >= 15 is 0 Å². The molecule has 1 aromatic carbocycles. The number of nitrogens with zero attached hydrogens (tertiary/aromatic N) is 1. The van der Waals surface area contributed by atoms with Crippen LogP contribution in [0.5, 0.6) is 0 Å². The smallest absolute Gasteiger partial charge is 0.293 e. The Labute approximate surface area is 100 Å². The zero-order valence-electron chi connectivity index (χ0n) is 9.36. The highest BCUT2D eigenvalue weighted by molar-refractivity contribution is 5.44. The monoisotopic (exact) mass is 264 g/mol. The summed E-state index contributed by atoms with van der Waals surface area (Å²) in [4.78, 5) is 9.58. The number of hydrogen-bond acceptors (Lipinski definition) is 4. The highest BCUT2D eigenvalue weighted by Crippen LogP contribution is 2.39. The average Bonchev–Trinajstić information content (AvgIpc) is 2.28. The summed E-state index contributed by atoms with van der Waals surface area (Å²) in [7, 11) is 0. The number of alkyl halides is 2. The van der Waals surface area contributed by atoms with E-state index in [1.165, 1.54) is 0 Å². The van der Waals surface area contributed by atoms with E-state index in [0.29, 0.717) is 18.2 Å². The highest BCUT2D eigenvalue weighted by atomic mass is 19.3. The third-order valence-electron chi connectivity index (χ3n) is 2.57. The van der Waals surface area contributed by atoms with Gasteiger partial charge in [-0.15, -0.1) is 0 Å². The van der Waals surface area contributed by atoms with Gasteiger partial charge in [-0.3, -0.25) is 15.8 Å². The maximum atomic E-state index is 13.5. The molecule has 0 amide bonds. The van der Waals surface area contributed by atoms with Crippen molar-refractivity contribution in [3.8, 4) is 0 Å². The molecule has 3 N–H and O–H groups in total. The lowest BCUT2D eigenvalue weighted by atomic mass is 9.93. The van der Waals surface area contributed by atoms with Gasteiger partial charge in [0.05, 0.1) is 16.6 Å². The minimum absolute atomic E-state index is 0.429. The topological polar surface area (TPSA) is 89.4 Å². The van der Waals surface area contributed by atoms with E-state index in [4.69, 9.17) is 5.73 Å². The maximum absolute atomic E-state index is 13.5. The number of nitro groups is 1. The average molecular weight is 264 g/mol. The van der Waals surface area contributed by atoms with Crippen molar-refractivity contribution in [2.45, 2.75) is 25.0 Å². The quantitative estimate of drug-likeness (QED) is 0.493. The molecule has 0 fully saturated rings. The van der Waals surface area contributed by atoms with E-state index in [1.54, 1.807) is 0 Å². The first-order valence-corrected chi connectivity index (χ1v) is 4.97. The largest absolute Gasteiger partial charge is 0.366 e. The number of aliphatic hydroxyl groups is 1. The minimum atomic E-state index is -3.78. The fourth-order valence-corrected chi connectivity index (χ4v) is 1.44. The van der Waals surface area contributed by atoms with Crippen LogP contribution < -0.4 is 5.73 Å². The third-order valence-corrected chi connectivity index (χ3v) is 2.57. The standard InChI is InChI=1S/C10H11F3N2O3/c1-2-9(12,13)10(14,16)7-4-3-6(11)5-8(7)15(17)18/h3-5,16H,2,14H2,1H3/t10-/m1/s1. The molecule has 0 unspecified atom stereocenters. The Morgan fingerprint density at radius 1 is 1.50 bits per heavy atom. The molecule has 8 heteroatoms. The molecule has 1 aromatic rings. The van der Waals surface area contributed by atoms with E-state index in [9.17, 15) is 28.4 Å². The molecule has 1 rings (SSSR count). The Morgan fingerprint density at radius 2 is 2.06 bits per heavy atom. The van der Waals surface area contributed by atoms with Crippen LogP contribution in [-0.2, 0) is 5.72 Å². The first-order valence-electron chi connectivity index (χ1n) is 4.97. The van der Waals surface area contributed by atoms with Gasteiger partial charge >= 0.3 is 0 Å². The predicted octanol–water partition coefficient (Wildman–Crippen LogP) is 1.88. The van der Waals surface area contributed by atoms with E-state index in [2.05, 4.69) is 0 Å². The van der Waals surface area contributed by atoms with Crippen LogP contribution in [0.4, 0.5) is 18.9 Å². The van der Waals surface area contributed by atoms with Crippen LogP contribution in [0.3, 0.4) is 0 Å². The Bertz CT molecular complexity index is 477. The van der Waals surface area contributed by atoms with Gasteiger partial charge in [0.25, 0.3) is 11.6 Å². The first kappa shape index (κ1) is 14.4. The fourth-order valence-electron chi connectivity index (χ4n) is 1.44. The molecular formula is C10H11F3N2O3. The number of hydrogen-bond donors (Lipinski definition) is 2. The number of rotatable bonds is 4. The summed E-state index contributed by atoms with van der Waals surface area (Å²) in [6.45, 7) is 1.06. The molecule has 0 aliphatic rings. The lowest BCUT2D eigenvalue weighted by Gasteiger charge is -2.31. The Kier molecular flexibility index (Phi) is 3.63. The predicted molar refractivity (Wildman–Crippen MR) is 56.4 cm³/mol. The van der Waals surface area contributed by atoms with Crippen LogP contribution in [0.1, 0.15) is 18.9 Å². The van der Waals surface area contributed by atoms with Crippen molar-refractivity contribution < 1.29 is 23.2 Å². The third kappa shape index (κ3) is 2.29. The Balaban J connectivity index is 3.45. The lowest BCUT2D eigenvalue weighted by molar-refractivity contribution is -0.387. The van der Waals surface area contributed by atoms with E-state index in [1.807, 2.05) is 0 Å². The van der Waals surface area contributed by atoms with Crippen molar-refractivity contribution >= 4 is 5.69 Å². The summed E-state index contributed by atoms with van der Waals surface area (Å²) in [6.07, 6.45) is -0.825. The molecule has 0 aliphatic heterocycles. The molecule has 18 heavy (non-hydrogen) atoms. The molecule has 0 spiro atoms. The van der Waals surface area contributed by atoms with Crippen LogP contribution in [-0.4, -0.2) is 16.0 Å². The molecule has 0 aromatic heterocycles. The van der Waals surface area contributed by atoms with E-state index < -0.39 is 40.1 Å². The normalized spacial score (nSPS) is 15.2. The first-order chi connectivity index (χ1) is 8.13. The summed E-state index contributed by atoms with van der Waals surface area (Å²) in [6, 6.07) is 1.82. The molecule has 1 atom stereocenters. The van der Waals surface area contributed by atoms with Gasteiger partial charge in [-0.1, -0.05) is 6.92 Å². The zero-order chi connectivity index (χ0) is 14.1. The van der Waals surface area contributed by atoms with Gasteiger partial charge in [0.2, 0.25) is 5.72 Å². The summed E-state index contributed by atoms with van der Waals surface area (Å²) < 4.78 is 39.8. The Morgan fingerprint density at radius 3 is 2.50 bits per heavy atom. The zero-order valence-corrected chi connectivity index (χ0v) is 9.36. The molecule has 0 radical (unpaired) electrons. The summed E-state index contributed by atoms with van der Waals surface area (Å²) >= 11 is 0. The molecule has 0 aliphatic carbocycles. The van der Waals surface area contributed by atoms with Crippen LogP contribution in [0.25, 0.3) is 0 Å². The summed E-state index contributed by atoms with van der Waals surface area (Å²) in [5.41, 5.74) is 0.0303. The number of halogens is 3. The van der Waals surface area contributed by atoms with Crippen LogP contribution >= 0.6 is 0 Å². The van der Waals surface area contributed by atoms with Crippen LogP contribution in [0.2, 0.25) is 0 Å². The van der Waals surface area contributed by atoms with Crippen molar-refractivity contribution in [1.29, 1.82) is 0 Å². The van der Waals surface area contributed by atoms with Gasteiger partial charge < -0.3 is 5.11 Å². The second-order valence-electron chi connectivity index (χ2n) is 3.74. The molecule has 0 saturated heterocycles. The summed E-state index contributed by atoms with van der Waals surface area (Å²) in [5, 5.41) is 20.3. The van der Waals surface area contributed by atoms with Crippen molar-refractivity contribution in [2.24, 2.45) is 5.73 Å². The van der Waals surface area contributed by atoms with Crippen molar-refractivity contribution in [3.05, 3.63) is 39.7 Å². The van der Waals surface area contributed by atoms with Crippen molar-refractivity contribution in [2.75, 3.05) is 0 Å². The van der Waals surface area contributed by atoms with Gasteiger partial charge in [-0.2, -0.15) is 0 Å². The molecule has 0 bridgehead atoms. The second-order valence-corrected chi connectivity index (χ2v) is 3.74. The molecular weight excluding hydrogens is 253 g/mol. The lowest BCUT2D eigenvalue weighted by Crippen LogP contribution is -2.52. The van der Waals surface area contributed by atoms with Gasteiger partial charge in [0.15, 0.2) is 0 Å². The molecule has 0 saturated carbocycles. The fraction of sp³-hybridized carbons (Fsp3) is 0.400.